The van der Waals surface area contributed by atoms with Crippen molar-refractivity contribution >= 4 is 11.8 Å². The molecule has 2 N–H and O–H groups in total. The van der Waals surface area contributed by atoms with Gasteiger partial charge >= 0.3 is 0 Å². The monoisotopic (exact) mass is 207 g/mol. The summed E-state index contributed by atoms with van der Waals surface area (Å²) >= 11 is 1.68. The van der Waals surface area contributed by atoms with Gasteiger partial charge in [-0.25, -0.2) is 0 Å². The maximum absolute atomic E-state index is 9.03. The third-order valence-electron chi connectivity index (χ3n) is 2.17. The molecule has 0 rings (SSSR count). The van der Waals surface area contributed by atoms with Gasteiger partial charge in [0, 0.05) is 24.9 Å². The molecule has 0 aromatic rings. The summed E-state index contributed by atoms with van der Waals surface area (Å²) < 4.78 is 5.12. The number of thioether (sulfide) groups is 1. The number of methoxy groups -OCH3 is 1. The number of aliphatic hydroxyl groups is 1. The second-order valence-electron chi connectivity index (χ2n) is 3.20. The van der Waals surface area contributed by atoms with Crippen LogP contribution in [-0.2, 0) is 4.74 Å². The van der Waals surface area contributed by atoms with Gasteiger partial charge in [0.25, 0.3) is 0 Å². The van der Waals surface area contributed by atoms with Crippen molar-refractivity contribution in [3.63, 3.8) is 0 Å². The second kappa shape index (κ2) is 7.62. The molecule has 3 unspecified atom stereocenters. The van der Waals surface area contributed by atoms with Crippen molar-refractivity contribution in [3.8, 4) is 0 Å². The van der Waals surface area contributed by atoms with E-state index in [-0.39, 0.29) is 18.0 Å². The maximum Gasteiger partial charge on any atom is 0.0667 e. The molecule has 0 fully saturated rings. The summed E-state index contributed by atoms with van der Waals surface area (Å²) in [6, 6.07) is 0.317. The van der Waals surface area contributed by atoms with E-state index in [0.717, 1.165) is 6.54 Å². The van der Waals surface area contributed by atoms with E-state index in [1.165, 1.54) is 0 Å². The van der Waals surface area contributed by atoms with Gasteiger partial charge in [0.2, 0.25) is 0 Å². The van der Waals surface area contributed by atoms with Crippen LogP contribution in [0.25, 0.3) is 0 Å². The number of rotatable bonds is 7. The van der Waals surface area contributed by atoms with E-state index in [9.17, 15) is 0 Å². The Labute approximate surface area is 85.2 Å². The average molecular weight is 207 g/mol. The Morgan fingerprint density at radius 1 is 1.46 bits per heavy atom. The Morgan fingerprint density at radius 3 is 2.46 bits per heavy atom. The van der Waals surface area contributed by atoms with E-state index in [1.807, 2.05) is 13.2 Å². The lowest BCUT2D eigenvalue weighted by Crippen LogP contribution is -2.41. The molecule has 0 bridgehead atoms. The van der Waals surface area contributed by atoms with Crippen LogP contribution in [0.15, 0.2) is 0 Å². The molecule has 0 radical (unpaired) electrons. The molecule has 0 aliphatic carbocycles. The summed E-state index contributed by atoms with van der Waals surface area (Å²) in [5.41, 5.74) is 0. The van der Waals surface area contributed by atoms with Gasteiger partial charge in [-0.15, -0.1) is 0 Å². The Bertz CT molecular complexity index is 120. The Morgan fingerprint density at radius 2 is 2.08 bits per heavy atom. The zero-order valence-electron chi connectivity index (χ0n) is 8.91. The van der Waals surface area contributed by atoms with Crippen LogP contribution in [0, 0.1) is 0 Å². The van der Waals surface area contributed by atoms with Crippen LogP contribution < -0.4 is 5.32 Å². The van der Waals surface area contributed by atoms with Gasteiger partial charge in [-0.3, -0.25) is 0 Å². The summed E-state index contributed by atoms with van der Waals surface area (Å²) in [4.78, 5) is 0. The number of ether oxygens (including phenoxy) is 1. The van der Waals surface area contributed by atoms with Crippen LogP contribution >= 0.6 is 11.8 Å². The van der Waals surface area contributed by atoms with Gasteiger partial charge in [-0.05, 0) is 20.1 Å². The normalized spacial score (nSPS) is 18.2. The highest BCUT2D eigenvalue weighted by Crippen LogP contribution is 2.09. The molecule has 13 heavy (non-hydrogen) atoms. The van der Waals surface area contributed by atoms with Crippen LogP contribution in [0.4, 0.5) is 0 Å². The summed E-state index contributed by atoms with van der Waals surface area (Å²) in [5.74, 6) is 0. The fourth-order valence-corrected chi connectivity index (χ4v) is 1.66. The van der Waals surface area contributed by atoms with Gasteiger partial charge in [0.15, 0.2) is 0 Å². The molecule has 0 aromatic heterocycles. The fourth-order valence-electron chi connectivity index (χ4n) is 1.00. The van der Waals surface area contributed by atoms with Crippen LogP contribution in [0.1, 0.15) is 13.8 Å². The van der Waals surface area contributed by atoms with Crippen LogP contribution in [0.2, 0.25) is 0 Å². The standard InChI is InChI=1S/C9H21NO2S/c1-7(12-3)5-10-8(2)9(6-11)13-4/h7-11H,5-6H2,1-4H3. The molecule has 3 atom stereocenters. The van der Waals surface area contributed by atoms with E-state index in [1.54, 1.807) is 18.9 Å². The zero-order chi connectivity index (χ0) is 10.3. The van der Waals surface area contributed by atoms with Crippen molar-refractivity contribution in [2.45, 2.75) is 31.2 Å². The average Bonchev–Trinajstić information content (AvgIpc) is 2.16. The summed E-state index contributed by atoms with van der Waals surface area (Å²) in [6.07, 6.45) is 2.24. The minimum atomic E-state index is 0.219. The largest absolute Gasteiger partial charge is 0.395 e. The minimum Gasteiger partial charge on any atom is -0.395 e. The zero-order valence-corrected chi connectivity index (χ0v) is 9.73. The molecule has 0 aliphatic rings. The topological polar surface area (TPSA) is 41.5 Å². The summed E-state index contributed by atoms with van der Waals surface area (Å²) in [5, 5.41) is 12.6. The Balaban J connectivity index is 3.65. The maximum atomic E-state index is 9.03. The van der Waals surface area contributed by atoms with E-state index >= 15 is 0 Å². The first-order valence-electron chi connectivity index (χ1n) is 4.55. The van der Waals surface area contributed by atoms with Crippen LogP contribution in [-0.4, -0.2) is 49.0 Å². The van der Waals surface area contributed by atoms with Gasteiger partial charge in [-0.2, -0.15) is 11.8 Å². The molecule has 3 nitrogen and oxygen atoms in total. The quantitative estimate of drug-likeness (QED) is 0.645. The van der Waals surface area contributed by atoms with E-state index in [0.29, 0.717) is 6.04 Å². The number of hydrogen-bond donors (Lipinski definition) is 2. The lowest BCUT2D eigenvalue weighted by Gasteiger charge is -2.22. The van der Waals surface area contributed by atoms with Crippen molar-refractivity contribution < 1.29 is 9.84 Å². The van der Waals surface area contributed by atoms with Crippen molar-refractivity contribution in [3.05, 3.63) is 0 Å². The molecule has 4 heteroatoms. The lowest BCUT2D eigenvalue weighted by atomic mass is 10.2. The molecule has 0 spiro atoms. The highest BCUT2D eigenvalue weighted by molar-refractivity contribution is 7.99. The molecular formula is C9H21NO2S. The van der Waals surface area contributed by atoms with E-state index in [2.05, 4.69) is 12.2 Å². The smallest absolute Gasteiger partial charge is 0.0667 e. The Hall–Kier alpha value is 0.230. The van der Waals surface area contributed by atoms with Crippen molar-refractivity contribution in [2.75, 3.05) is 26.5 Å². The predicted molar refractivity (Wildman–Crippen MR) is 58.3 cm³/mol. The van der Waals surface area contributed by atoms with E-state index in [4.69, 9.17) is 9.84 Å². The van der Waals surface area contributed by atoms with Gasteiger partial charge < -0.3 is 15.2 Å². The lowest BCUT2D eigenvalue weighted by molar-refractivity contribution is 0.114. The fraction of sp³-hybridized carbons (Fsp3) is 1.00. The highest BCUT2D eigenvalue weighted by atomic mass is 32.2. The van der Waals surface area contributed by atoms with Gasteiger partial charge in [0.05, 0.1) is 12.7 Å². The number of aliphatic hydroxyl groups excluding tert-OH is 1. The van der Waals surface area contributed by atoms with E-state index < -0.39 is 0 Å². The number of nitrogens with one attached hydrogen (secondary N) is 1. The minimum absolute atomic E-state index is 0.219. The molecule has 80 valence electrons. The first-order chi connectivity index (χ1) is 6.15. The highest BCUT2D eigenvalue weighted by Gasteiger charge is 2.14. The van der Waals surface area contributed by atoms with Gasteiger partial charge in [-0.1, -0.05) is 0 Å². The molecular weight excluding hydrogens is 186 g/mol. The molecule has 0 amide bonds. The molecule has 0 aliphatic heterocycles. The molecule has 0 heterocycles. The third-order valence-corrected chi connectivity index (χ3v) is 3.33. The molecule has 0 saturated carbocycles. The first-order valence-corrected chi connectivity index (χ1v) is 5.84. The molecule has 0 aromatic carbocycles. The first kappa shape index (κ1) is 13.2. The van der Waals surface area contributed by atoms with Gasteiger partial charge in [0.1, 0.15) is 0 Å². The second-order valence-corrected chi connectivity index (χ2v) is 4.28. The summed E-state index contributed by atoms with van der Waals surface area (Å²) in [7, 11) is 1.70. The van der Waals surface area contributed by atoms with Crippen molar-refractivity contribution in [1.29, 1.82) is 0 Å². The Kier molecular flexibility index (Phi) is 7.75. The summed E-state index contributed by atoms with van der Waals surface area (Å²) in [6.45, 7) is 5.15. The van der Waals surface area contributed by atoms with Crippen LogP contribution in [0.3, 0.4) is 0 Å². The third kappa shape index (κ3) is 5.52. The SMILES string of the molecule is COC(C)CNC(C)C(CO)SC. The van der Waals surface area contributed by atoms with Crippen molar-refractivity contribution in [1.82, 2.24) is 5.32 Å². The predicted octanol–water partition coefficient (Wildman–Crippen LogP) is 0.723. The molecule has 0 saturated heterocycles. The van der Waals surface area contributed by atoms with Crippen LogP contribution in [0.5, 0.6) is 0 Å². The number of hydrogen-bond acceptors (Lipinski definition) is 4. The van der Waals surface area contributed by atoms with Crippen molar-refractivity contribution in [2.24, 2.45) is 0 Å².